The summed E-state index contributed by atoms with van der Waals surface area (Å²) < 4.78 is 72.7. The van der Waals surface area contributed by atoms with Crippen molar-refractivity contribution in [1.29, 1.82) is 0 Å². The lowest BCUT2D eigenvalue weighted by molar-refractivity contribution is -0.211. The van der Waals surface area contributed by atoms with E-state index in [0.717, 1.165) is 4.90 Å². The van der Waals surface area contributed by atoms with Crippen molar-refractivity contribution >= 4 is 5.91 Å². The fourth-order valence-corrected chi connectivity index (χ4v) is 3.47. The van der Waals surface area contributed by atoms with Gasteiger partial charge in [0, 0.05) is 13.1 Å². The fourth-order valence-electron chi connectivity index (χ4n) is 3.47. The maximum Gasteiger partial charge on any atom is 0.395 e. The molecular formula is C12H14F5NO3. The van der Waals surface area contributed by atoms with Crippen LogP contribution in [0.5, 0.6) is 0 Å². The van der Waals surface area contributed by atoms with E-state index in [0.29, 0.717) is 12.8 Å². The molecule has 0 aromatic heterocycles. The number of alkyl halides is 5. The smallest absolute Gasteiger partial charge is 0.373 e. The molecule has 0 aromatic carbocycles. The number of halogens is 5. The minimum atomic E-state index is -4.50. The number of carbonyl (C=O) groups excluding carboxylic acids is 1. The molecular weight excluding hydrogens is 301 g/mol. The summed E-state index contributed by atoms with van der Waals surface area (Å²) in [5, 5.41) is 0. The van der Waals surface area contributed by atoms with Crippen molar-refractivity contribution in [3.8, 4) is 0 Å². The predicted molar refractivity (Wildman–Crippen MR) is 58.4 cm³/mol. The minimum Gasteiger partial charge on any atom is -0.373 e. The summed E-state index contributed by atoms with van der Waals surface area (Å²) in [5.41, 5.74) is 0. The molecule has 120 valence electrons. The van der Waals surface area contributed by atoms with Gasteiger partial charge in [0.05, 0.1) is 30.1 Å². The Labute approximate surface area is 117 Å². The Morgan fingerprint density at radius 1 is 1.19 bits per heavy atom. The van der Waals surface area contributed by atoms with Gasteiger partial charge in [-0.2, -0.15) is 22.0 Å². The summed E-state index contributed by atoms with van der Waals surface area (Å²) >= 11 is 0. The summed E-state index contributed by atoms with van der Waals surface area (Å²) in [6.07, 6.45) is -6.25. The van der Waals surface area contributed by atoms with Crippen molar-refractivity contribution in [3.63, 3.8) is 0 Å². The van der Waals surface area contributed by atoms with Gasteiger partial charge < -0.3 is 14.4 Å². The molecule has 0 aromatic rings. The van der Waals surface area contributed by atoms with Crippen LogP contribution >= 0.6 is 0 Å². The van der Waals surface area contributed by atoms with Crippen LogP contribution in [0.25, 0.3) is 0 Å². The zero-order valence-electron chi connectivity index (χ0n) is 10.9. The van der Waals surface area contributed by atoms with E-state index in [2.05, 4.69) is 4.74 Å². The van der Waals surface area contributed by atoms with Crippen LogP contribution in [-0.2, 0) is 14.3 Å². The average Bonchev–Trinajstić information content (AvgIpc) is 2.90. The molecule has 0 saturated carbocycles. The summed E-state index contributed by atoms with van der Waals surface area (Å²) in [6, 6.07) is 0. The molecule has 4 nitrogen and oxygen atoms in total. The first-order valence-electron chi connectivity index (χ1n) is 6.72. The predicted octanol–water partition coefficient (Wildman–Crippen LogP) is 1.79. The van der Waals surface area contributed by atoms with E-state index >= 15 is 0 Å². The zero-order valence-corrected chi connectivity index (χ0v) is 10.9. The first-order chi connectivity index (χ1) is 9.77. The highest BCUT2D eigenvalue weighted by Gasteiger charge is 2.63. The van der Waals surface area contributed by atoms with E-state index in [1.54, 1.807) is 0 Å². The number of fused-ring (bicyclic) bond motifs is 2. The van der Waals surface area contributed by atoms with Crippen molar-refractivity contribution < 1.29 is 36.2 Å². The van der Waals surface area contributed by atoms with Crippen LogP contribution in [0, 0.1) is 11.8 Å². The number of amides is 1. The van der Waals surface area contributed by atoms with E-state index < -0.39 is 48.8 Å². The van der Waals surface area contributed by atoms with Gasteiger partial charge in [-0.05, 0) is 12.8 Å². The van der Waals surface area contributed by atoms with Crippen molar-refractivity contribution in [1.82, 2.24) is 4.90 Å². The van der Waals surface area contributed by atoms with E-state index in [-0.39, 0.29) is 13.1 Å². The van der Waals surface area contributed by atoms with Gasteiger partial charge in [0.25, 0.3) is 0 Å². The van der Waals surface area contributed by atoms with E-state index in [1.165, 1.54) is 0 Å². The highest BCUT2D eigenvalue weighted by atomic mass is 19.4. The molecule has 3 saturated heterocycles. The average molecular weight is 315 g/mol. The van der Waals surface area contributed by atoms with Gasteiger partial charge >= 0.3 is 12.8 Å². The third-order valence-corrected chi connectivity index (χ3v) is 4.39. The van der Waals surface area contributed by atoms with Crippen molar-refractivity contribution in [2.75, 3.05) is 13.1 Å². The van der Waals surface area contributed by atoms with Crippen molar-refractivity contribution in [2.45, 2.75) is 43.9 Å². The number of rotatable bonds is 3. The number of ether oxygens (including phenoxy) is 2. The number of likely N-dealkylation sites (tertiary alicyclic amines) is 1. The maximum atomic E-state index is 13.1. The summed E-state index contributed by atoms with van der Waals surface area (Å²) in [5.74, 6) is -3.71. The van der Waals surface area contributed by atoms with Crippen LogP contribution in [0.1, 0.15) is 12.8 Å². The number of hydrogen-bond donors (Lipinski definition) is 0. The molecule has 4 atom stereocenters. The van der Waals surface area contributed by atoms with Gasteiger partial charge in [0.2, 0.25) is 5.91 Å². The third kappa shape index (κ3) is 2.61. The first-order valence-corrected chi connectivity index (χ1v) is 6.72. The highest BCUT2D eigenvalue weighted by Crippen LogP contribution is 2.51. The Morgan fingerprint density at radius 2 is 1.81 bits per heavy atom. The monoisotopic (exact) mass is 315 g/mol. The molecule has 3 rings (SSSR count). The molecule has 3 fully saturated rings. The number of carbonyl (C=O) groups is 1. The van der Waals surface area contributed by atoms with E-state index in [1.807, 2.05) is 0 Å². The van der Waals surface area contributed by atoms with E-state index in [4.69, 9.17) is 4.74 Å². The summed E-state index contributed by atoms with van der Waals surface area (Å²) in [6.45, 7) is -3.13. The second-order valence-corrected chi connectivity index (χ2v) is 5.65. The standard InChI is InChI=1S/C12H14F5NO3/c13-11(14)20-5-3-18(4-5)10(19)8-6-1-2-7(21-6)9(8)12(15,16)17/h5-9,11H,1-4H2. The molecule has 1 amide bonds. The topological polar surface area (TPSA) is 38.8 Å². The van der Waals surface area contributed by atoms with Crippen LogP contribution in [-0.4, -0.2) is 55.0 Å². The molecule has 3 heterocycles. The quantitative estimate of drug-likeness (QED) is 0.746. The maximum absolute atomic E-state index is 13.1. The SMILES string of the molecule is O=C(C1C2CCC(O2)C1C(F)(F)F)N1CC(OC(F)F)C1. The molecule has 9 heteroatoms. The minimum absolute atomic E-state index is 0.0956. The van der Waals surface area contributed by atoms with Gasteiger partial charge in [-0.15, -0.1) is 0 Å². The molecule has 4 unspecified atom stereocenters. The normalized spacial score (nSPS) is 36.4. The lowest BCUT2D eigenvalue weighted by Gasteiger charge is -2.42. The van der Waals surface area contributed by atoms with Crippen LogP contribution in [0.2, 0.25) is 0 Å². The van der Waals surface area contributed by atoms with Crippen molar-refractivity contribution in [3.05, 3.63) is 0 Å². The van der Waals surface area contributed by atoms with Gasteiger partial charge in [0.15, 0.2) is 0 Å². The van der Waals surface area contributed by atoms with Gasteiger partial charge in [0.1, 0.15) is 0 Å². The second-order valence-electron chi connectivity index (χ2n) is 5.65. The number of nitrogens with zero attached hydrogens (tertiary/aromatic N) is 1. The molecule has 0 N–H and O–H groups in total. The summed E-state index contributed by atoms with van der Waals surface area (Å²) in [4.78, 5) is 13.3. The lowest BCUT2D eigenvalue weighted by Crippen LogP contribution is -2.59. The van der Waals surface area contributed by atoms with Crippen LogP contribution in [0.4, 0.5) is 22.0 Å². The fraction of sp³-hybridized carbons (Fsp3) is 0.917. The molecule has 21 heavy (non-hydrogen) atoms. The Morgan fingerprint density at radius 3 is 2.38 bits per heavy atom. The zero-order chi connectivity index (χ0) is 15.4. The molecule has 3 aliphatic rings. The Balaban J connectivity index is 1.65. The molecule has 2 bridgehead atoms. The molecule has 0 aliphatic carbocycles. The third-order valence-electron chi connectivity index (χ3n) is 4.39. The Hall–Kier alpha value is -0.960. The van der Waals surface area contributed by atoms with E-state index in [9.17, 15) is 26.7 Å². The highest BCUT2D eigenvalue weighted by molar-refractivity contribution is 5.81. The first kappa shape index (κ1) is 15.0. The van der Waals surface area contributed by atoms with Crippen LogP contribution in [0.15, 0.2) is 0 Å². The van der Waals surface area contributed by atoms with Crippen LogP contribution in [0.3, 0.4) is 0 Å². The second kappa shape index (κ2) is 5.05. The molecule has 0 radical (unpaired) electrons. The van der Waals surface area contributed by atoms with Crippen molar-refractivity contribution in [2.24, 2.45) is 11.8 Å². The van der Waals surface area contributed by atoms with Gasteiger partial charge in [-0.3, -0.25) is 4.79 Å². The Kier molecular flexibility index (Phi) is 3.59. The lowest BCUT2D eigenvalue weighted by atomic mass is 9.77. The van der Waals surface area contributed by atoms with Crippen LogP contribution < -0.4 is 0 Å². The summed E-state index contributed by atoms with van der Waals surface area (Å²) in [7, 11) is 0. The van der Waals surface area contributed by atoms with Gasteiger partial charge in [-0.25, -0.2) is 0 Å². The van der Waals surface area contributed by atoms with Gasteiger partial charge in [-0.1, -0.05) is 0 Å². The molecule has 0 spiro atoms. The number of hydrogen-bond acceptors (Lipinski definition) is 3. The Bertz CT molecular complexity index is 424. The molecule has 3 aliphatic heterocycles. The largest absolute Gasteiger partial charge is 0.395 e.